The van der Waals surface area contributed by atoms with E-state index in [-0.39, 0.29) is 11.6 Å². The summed E-state index contributed by atoms with van der Waals surface area (Å²) in [5.41, 5.74) is -0.863. The maximum atomic E-state index is 12.9. The van der Waals surface area contributed by atoms with Crippen LogP contribution in [0, 0.1) is 0 Å². The molecule has 1 fully saturated rings. The monoisotopic (exact) mass is 391 g/mol. The minimum Gasteiger partial charge on any atom is -0.480 e. The van der Waals surface area contributed by atoms with Crippen LogP contribution in [-0.4, -0.2) is 47.7 Å². The first-order chi connectivity index (χ1) is 12.2. The highest BCUT2D eigenvalue weighted by Gasteiger charge is 2.33. The van der Waals surface area contributed by atoms with Crippen molar-refractivity contribution in [2.75, 3.05) is 19.8 Å². The van der Waals surface area contributed by atoms with Crippen molar-refractivity contribution in [2.24, 2.45) is 0 Å². The van der Waals surface area contributed by atoms with Crippen molar-refractivity contribution in [2.45, 2.75) is 25.1 Å². The van der Waals surface area contributed by atoms with Gasteiger partial charge < -0.3 is 14.7 Å². The molecule has 2 rings (SSSR count). The number of carbonyl (C=O) groups excluding carboxylic acids is 1. The third-order valence-electron chi connectivity index (χ3n) is 3.93. The standard InChI is InChI=1S/C17H17ClF3NO4/c18-14-3-1-11(9-13(14)17(19,20)21)2-4-15(23)22(10-16(24)25)12-5-7-26-8-6-12/h1-4,9,12H,5-8,10H2,(H,24,25). The fourth-order valence-electron chi connectivity index (χ4n) is 2.66. The third kappa shape index (κ3) is 5.47. The lowest BCUT2D eigenvalue weighted by atomic mass is 10.1. The summed E-state index contributed by atoms with van der Waals surface area (Å²) in [5, 5.41) is 8.58. The molecule has 0 atom stereocenters. The van der Waals surface area contributed by atoms with E-state index < -0.39 is 35.2 Å². The van der Waals surface area contributed by atoms with E-state index in [4.69, 9.17) is 21.4 Å². The molecular weight excluding hydrogens is 375 g/mol. The van der Waals surface area contributed by atoms with Crippen molar-refractivity contribution in [3.05, 3.63) is 40.4 Å². The molecule has 0 spiro atoms. The molecule has 1 aliphatic heterocycles. The number of carbonyl (C=O) groups is 2. The quantitative estimate of drug-likeness (QED) is 0.780. The minimum atomic E-state index is -4.61. The Morgan fingerprint density at radius 3 is 2.54 bits per heavy atom. The number of ether oxygens (including phenoxy) is 1. The van der Waals surface area contributed by atoms with Gasteiger partial charge in [-0.2, -0.15) is 13.2 Å². The zero-order valence-electron chi connectivity index (χ0n) is 13.6. The molecule has 1 aliphatic rings. The molecule has 26 heavy (non-hydrogen) atoms. The number of hydrogen-bond acceptors (Lipinski definition) is 3. The highest BCUT2D eigenvalue weighted by molar-refractivity contribution is 6.31. The van der Waals surface area contributed by atoms with E-state index in [1.807, 2.05) is 0 Å². The summed E-state index contributed by atoms with van der Waals surface area (Å²) >= 11 is 5.56. The number of benzene rings is 1. The topological polar surface area (TPSA) is 66.8 Å². The van der Waals surface area contributed by atoms with Gasteiger partial charge in [0.05, 0.1) is 10.6 Å². The molecule has 1 heterocycles. The van der Waals surface area contributed by atoms with Crippen LogP contribution in [0.4, 0.5) is 13.2 Å². The number of nitrogens with zero attached hydrogens (tertiary/aromatic N) is 1. The molecule has 0 saturated carbocycles. The maximum absolute atomic E-state index is 12.9. The second kappa shape index (κ2) is 8.55. The van der Waals surface area contributed by atoms with Gasteiger partial charge in [0.2, 0.25) is 5.91 Å². The van der Waals surface area contributed by atoms with Gasteiger partial charge in [0, 0.05) is 25.3 Å². The van der Waals surface area contributed by atoms with Gasteiger partial charge in [0.25, 0.3) is 0 Å². The Kier molecular flexibility index (Phi) is 6.66. The Labute approximate surface area is 153 Å². The van der Waals surface area contributed by atoms with Crippen molar-refractivity contribution in [1.29, 1.82) is 0 Å². The van der Waals surface area contributed by atoms with Gasteiger partial charge in [-0.1, -0.05) is 17.7 Å². The van der Waals surface area contributed by atoms with Crippen molar-refractivity contribution in [3.8, 4) is 0 Å². The smallest absolute Gasteiger partial charge is 0.417 e. The van der Waals surface area contributed by atoms with E-state index in [0.717, 1.165) is 18.2 Å². The average molecular weight is 392 g/mol. The van der Waals surface area contributed by atoms with Crippen LogP contribution < -0.4 is 0 Å². The van der Waals surface area contributed by atoms with Gasteiger partial charge in [0.1, 0.15) is 6.54 Å². The van der Waals surface area contributed by atoms with Crippen LogP contribution in [0.1, 0.15) is 24.0 Å². The fourth-order valence-corrected chi connectivity index (χ4v) is 2.88. The second-order valence-electron chi connectivity index (χ2n) is 5.77. The number of aliphatic carboxylic acids is 1. The minimum absolute atomic E-state index is 0.136. The van der Waals surface area contributed by atoms with Crippen LogP contribution in [0.25, 0.3) is 6.08 Å². The van der Waals surface area contributed by atoms with Gasteiger partial charge in [0.15, 0.2) is 0 Å². The van der Waals surface area contributed by atoms with Crippen molar-refractivity contribution in [3.63, 3.8) is 0 Å². The summed E-state index contributed by atoms with van der Waals surface area (Å²) in [6, 6.07) is 2.99. The highest BCUT2D eigenvalue weighted by Crippen LogP contribution is 2.35. The number of carboxylic acid groups (broad SMARTS) is 1. The highest BCUT2D eigenvalue weighted by atomic mass is 35.5. The molecule has 0 radical (unpaired) electrons. The molecular formula is C17H17ClF3NO4. The second-order valence-corrected chi connectivity index (χ2v) is 6.18. The Morgan fingerprint density at radius 2 is 1.96 bits per heavy atom. The van der Waals surface area contributed by atoms with E-state index in [2.05, 4.69) is 0 Å². The molecule has 142 valence electrons. The van der Waals surface area contributed by atoms with E-state index in [9.17, 15) is 22.8 Å². The number of halogens is 4. The lowest BCUT2D eigenvalue weighted by Crippen LogP contribution is -2.45. The summed E-state index contributed by atoms with van der Waals surface area (Å²) < 4.78 is 43.8. The summed E-state index contributed by atoms with van der Waals surface area (Å²) in [6.45, 7) is 0.357. The number of rotatable bonds is 5. The van der Waals surface area contributed by atoms with Crippen LogP contribution in [0.5, 0.6) is 0 Å². The number of carboxylic acids is 1. The Bertz CT molecular complexity index is 700. The normalized spacial score (nSPS) is 16.0. The summed E-state index contributed by atoms with van der Waals surface area (Å²) in [5.74, 6) is -1.74. The average Bonchev–Trinajstić information content (AvgIpc) is 2.58. The lowest BCUT2D eigenvalue weighted by molar-refractivity contribution is -0.145. The molecule has 0 aromatic heterocycles. The maximum Gasteiger partial charge on any atom is 0.417 e. The van der Waals surface area contributed by atoms with Crippen molar-refractivity contribution >= 4 is 29.6 Å². The largest absolute Gasteiger partial charge is 0.480 e. The molecule has 0 unspecified atom stereocenters. The van der Waals surface area contributed by atoms with E-state index in [1.54, 1.807) is 0 Å². The first-order valence-electron chi connectivity index (χ1n) is 7.83. The van der Waals surface area contributed by atoms with Gasteiger partial charge >= 0.3 is 12.1 Å². The van der Waals surface area contributed by atoms with Crippen LogP contribution in [0.3, 0.4) is 0 Å². The van der Waals surface area contributed by atoms with E-state index in [1.165, 1.54) is 17.0 Å². The summed E-state index contributed by atoms with van der Waals surface area (Å²) in [7, 11) is 0. The van der Waals surface area contributed by atoms with Gasteiger partial charge in [-0.15, -0.1) is 0 Å². The number of hydrogen-bond donors (Lipinski definition) is 1. The molecule has 0 aliphatic carbocycles. The van der Waals surface area contributed by atoms with Gasteiger partial charge in [-0.3, -0.25) is 9.59 Å². The van der Waals surface area contributed by atoms with Crippen LogP contribution in [0.2, 0.25) is 5.02 Å². The molecule has 1 amide bonds. The van der Waals surface area contributed by atoms with Gasteiger partial charge in [-0.25, -0.2) is 0 Å². The summed E-state index contributed by atoms with van der Waals surface area (Å²) in [4.78, 5) is 24.6. The molecule has 9 heteroatoms. The Balaban J connectivity index is 2.18. The number of amides is 1. The lowest BCUT2D eigenvalue weighted by Gasteiger charge is -2.32. The predicted octanol–water partition coefficient (Wildman–Crippen LogP) is 3.46. The number of alkyl halides is 3. The molecule has 1 saturated heterocycles. The third-order valence-corrected chi connectivity index (χ3v) is 4.26. The Morgan fingerprint density at radius 1 is 1.31 bits per heavy atom. The first-order valence-corrected chi connectivity index (χ1v) is 8.21. The van der Waals surface area contributed by atoms with Crippen molar-refractivity contribution in [1.82, 2.24) is 4.90 Å². The van der Waals surface area contributed by atoms with E-state index >= 15 is 0 Å². The first kappa shape index (κ1) is 20.3. The Hall–Kier alpha value is -2.06. The predicted molar refractivity (Wildman–Crippen MR) is 88.7 cm³/mol. The van der Waals surface area contributed by atoms with Gasteiger partial charge in [-0.05, 0) is 36.6 Å². The van der Waals surface area contributed by atoms with Crippen LogP contribution in [0.15, 0.2) is 24.3 Å². The van der Waals surface area contributed by atoms with Crippen molar-refractivity contribution < 1.29 is 32.6 Å². The summed E-state index contributed by atoms with van der Waals surface area (Å²) in [6.07, 6.45) is -1.32. The zero-order valence-corrected chi connectivity index (χ0v) is 14.4. The van der Waals surface area contributed by atoms with E-state index in [0.29, 0.717) is 26.1 Å². The zero-order chi connectivity index (χ0) is 19.3. The van der Waals surface area contributed by atoms with Crippen LogP contribution >= 0.6 is 11.6 Å². The molecule has 1 aromatic carbocycles. The molecule has 5 nitrogen and oxygen atoms in total. The molecule has 0 bridgehead atoms. The SMILES string of the molecule is O=C(O)CN(C(=O)C=Cc1ccc(Cl)c(C(F)(F)F)c1)C1CCOCC1. The fraction of sp³-hybridized carbons (Fsp3) is 0.412. The van der Waals surface area contributed by atoms with Crippen LogP contribution in [-0.2, 0) is 20.5 Å². The molecule has 1 N–H and O–H groups in total. The molecule has 1 aromatic rings.